The lowest BCUT2D eigenvalue weighted by Crippen LogP contribution is -2.39. The fourth-order valence-corrected chi connectivity index (χ4v) is 3.38. The molecule has 0 unspecified atom stereocenters. The van der Waals surface area contributed by atoms with E-state index in [0.29, 0.717) is 11.6 Å². The highest BCUT2D eigenvalue weighted by Gasteiger charge is 2.26. The molecule has 0 saturated carbocycles. The maximum atomic E-state index is 12.4. The Morgan fingerprint density at radius 2 is 2.00 bits per heavy atom. The molecule has 0 aromatic carbocycles. The quantitative estimate of drug-likeness (QED) is 0.803. The highest BCUT2D eigenvalue weighted by atomic mass is 35.7. The molecule has 1 aliphatic rings. The first-order valence-electron chi connectivity index (χ1n) is 6.73. The van der Waals surface area contributed by atoms with Crippen LogP contribution in [0.2, 0.25) is 0 Å². The van der Waals surface area contributed by atoms with Crippen LogP contribution in [-0.2, 0) is 16.1 Å². The monoisotopic (exact) mass is 318 g/mol. The molecule has 0 spiro atoms. The van der Waals surface area contributed by atoms with Gasteiger partial charge in [0, 0.05) is 37.0 Å². The van der Waals surface area contributed by atoms with Crippen LogP contribution in [0.4, 0.5) is 0 Å². The summed E-state index contributed by atoms with van der Waals surface area (Å²) < 4.78 is 24.1. The molecule has 2 heterocycles. The summed E-state index contributed by atoms with van der Waals surface area (Å²) in [6, 6.07) is 1.34. The van der Waals surface area contributed by atoms with Crippen LogP contribution < -0.4 is 0 Å². The number of rotatable bonds is 3. The summed E-state index contributed by atoms with van der Waals surface area (Å²) in [7, 11) is 3.16. The number of aromatic nitrogens is 1. The maximum Gasteiger partial charge on any atom is 0.270 e. The Morgan fingerprint density at radius 1 is 1.40 bits per heavy atom. The second-order valence-electron chi connectivity index (χ2n) is 5.25. The molecule has 20 heavy (non-hydrogen) atoms. The lowest BCUT2D eigenvalue weighted by Gasteiger charge is -2.31. The molecule has 0 radical (unpaired) electrons. The minimum Gasteiger partial charge on any atom is -0.345 e. The van der Waals surface area contributed by atoms with E-state index in [1.807, 2.05) is 0 Å². The molecule has 1 aliphatic heterocycles. The van der Waals surface area contributed by atoms with Gasteiger partial charge in [-0.05, 0) is 24.8 Å². The van der Waals surface area contributed by atoms with Crippen LogP contribution in [-0.4, -0.2) is 36.9 Å². The Hall–Kier alpha value is -1.01. The zero-order valence-electron chi connectivity index (χ0n) is 11.7. The van der Waals surface area contributed by atoms with Crippen LogP contribution in [0.15, 0.2) is 17.2 Å². The van der Waals surface area contributed by atoms with Crippen LogP contribution in [0.5, 0.6) is 0 Å². The molecule has 112 valence electrons. The van der Waals surface area contributed by atoms with E-state index < -0.39 is 9.05 Å². The molecule has 7 heteroatoms. The third kappa shape index (κ3) is 3.17. The highest BCUT2D eigenvalue weighted by molar-refractivity contribution is 8.13. The number of hydrogen-bond donors (Lipinski definition) is 0. The Labute approximate surface area is 123 Å². The number of carbonyl (C=O) groups is 1. The van der Waals surface area contributed by atoms with E-state index in [0.717, 1.165) is 32.4 Å². The summed E-state index contributed by atoms with van der Waals surface area (Å²) in [5, 5.41) is 0. The summed E-state index contributed by atoms with van der Waals surface area (Å²) >= 11 is 0. The van der Waals surface area contributed by atoms with Gasteiger partial charge in [-0.15, -0.1) is 0 Å². The van der Waals surface area contributed by atoms with Crippen LogP contribution in [0, 0.1) is 5.92 Å². The Balaban J connectivity index is 2.16. The van der Waals surface area contributed by atoms with E-state index in [2.05, 4.69) is 6.92 Å². The first kappa shape index (κ1) is 15.4. The average molecular weight is 319 g/mol. The molecule has 0 aliphatic carbocycles. The van der Waals surface area contributed by atoms with Gasteiger partial charge in [-0.25, -0.2) is 8.42 Å². The smallest absolute Gasteiger partial charge is 0.270 e. The van der Waals surface area contributed by atoms with Crippen molar-refractivity contribution in [2.45, 2.75) is 31.1 Å². The molecule has 1 fully saturated rings. The summed E-state index contributed by atoms with van der Waals surface area (Å²) in [6.45, 7) is 3.62. The van der Waals surface area contributed by atoms with Crippen LogP contribution in [0.1, 0.15) is 36.7 Å². The van der Waals surface area contributed by atoms with Crippen molar-refractivity contribution in [2.75, 3.05) is 13.1 Å². The van der Waals surface area contributed by atoms with Gasteiger partial charge in [-0.2, -0.15) is 0 Å². The summed E-state index contributed by atoms with van der Waals surface area (Å²) in [6.07, 6.45) is 4.52. The number of halogens is 1. The maximum absolute atomic E-state index is 12.4. The Kier molecular flexibility index (Phi) is 4.44. The van der Waals surface area contributed by atoms with E-state index in [-0.39, 0.29) is 10.8 Å². The molecule has 0 bridgehead atoms. The van der Waals surface area contributed by atoms with E-state index in [4.69, 9.17) is 10.7 Å². The van der Waals surface area contributed by atoms with Gasteiger partial charge in [0.05, 0.1) is 0 Å². The van der Waals surface area contributed by atoms with Crippen LogP contribution >= 0.6 is 10.7 Å². The second-order valence-corrected chi connectivity index (χ2v) is 7.82. The minimum atomic E-state index is -3.80. The highest BCUT2D eigenvalue weighted by Crippen LogP contribution is 2.23. The average Bonchev–Trinajstić information content (AvgIpc) is 2.80. The lowest BCUT2D eigenvalue weighted by atomic mass is 9.94. The molecule has 2 rings (SSSR count). The van der Waals surface area contributed by atoms with Gasteiger partial charge < -0.3 is 9.47 Å². The third-order valence-electron chi connectivity index (χ3n) is 3.96. The first-order valence-corrected chi connectivity index (χ1v) is 9.04. The Bertz CT molecular complexity index is 601. The number of carbonyl (C=O) groups excluding carboxylic acids is 1. The van der Waals surface area contributed by atoms with Crippen molar-refractivity contribution in [3.8, 4) is 0 Å². The summed E-state index contributed by atoms with van der Waals surface area (Å²) in [5.41, 5.74) is 0.360. The summed E-state index contributed by atoms with van der Waals surface area (Å²) in [5.74, 6) is 0.555. The zero-order chi connectivity index (χ0) is 14.9. The molecule has 1 saturated heterocycles. The topological polar surface area (TPSA) is 59.4 Å². The van der Waals surface area contributed by atoms with Gasteiger partial charge in [0.15, 0.2) is 0 Å². The van der Waals surface area contributed by atoms with Crippen molar-refractivity contribution in [3.63, 3.8) is 0 Å². The fraction of sp³-hybridized carbons (Fsp3) is 0.615. The minimum absolute atomic E-state index is 0.0338. The first-order chi connectivity index (χ1) is 9.32. The van der Waals surface area contributed by atoms with Crippen molar-refractivity contribution in [1.82, 2.24) is 9.47 Å². The molecule has 1 aromatic heterocycles. The van der Waals surface area contributed by atoms with Gasteiger partial charge in [0.2, 0.25) is 0 Å². The molecule has 0 N–H and O–H groups in total. The van der Waals surface area contributed by atoms with Crippen molar-refractivity contribution in [2.24, 2.45) is 13.0 Å². The molecular formula is C13H19ClN2O3S. The number of aryl methyl sites for hydroxylation is 1. The van der Waals surface area contributed by atoms with Gasteiger partial charge >= 0.3 is 0 Å². The molecule has 1 aromatic rings. The van der Waals surface area contributed by atoms with Crippen LogP contribution in [0.3, 0.4) is 0 Å². The van der Waals surface area contributed by atoms with Crippen molar-refractivity contribution in [3.05, 3.63) is 18.0 Å². The van der Waals surface area contributed by atoms with E-state index in [9.17, 15) is 13.2 Å². The third-order valence-corrected chi connectivity index (χ3v) is 5.28. The SMILES string of the molecule is CCC1CCN(C(=O)c2cc(S(=O)(=O)Cl)cn2C)CC1. The van der Waals surface area contributed by atoms with Crippen molar-refractivity contribution >= 4 is 25.6 Å². The number of hydrogen-bond acceptors (Lipinski definition) is 3. The van der Waals surface area contributed by atoms with Crippen LogP contribution in [0.25, 0.3) is 0 Å². The standard InChI is InChI=1S/C13H19ClN2O3S/c1-3-10-4-6-16(7-5-10)13(17)12-8-11(9-15(12)2)20(14,18)19/h8-10H,3-7H2,1-2H3. The molecular weight excluding hydrogens is 300 g/mol. The fourth-order valence-electron chi connectivity index (χ4n) is 2.59. The zero-order valence-corrected chi connectivity index (χ0v) is 13.2. The van der Waals surface area contributed by atoms with Gasteiger partial charge in [0.1, 0.15) is 10.6 Å². The number of amides is 1. The molecule has 5 nitrogen and oxygen atoms in total. The van der Waals surface area contributed by atoms with Gasteiger partial charge in [0.25, 0.3) is 15.0 Å². The van der Waals surface area contributed by atoms with E-state index >= 15 is 0 Å². The van der Waals surface area contributed by atoms with Crippen molar-refractivity contribution < 1.29 is 13.2 Å². The summed E-state index contributed by atoms with van der Waals surface area (Å²) in [4.78, 5) is 14.2. The van der Waals surface area contributed by atoms with Crippen molar-refractivity contribution in [1.29, 1.82) is 0 Å². The number of likely N-dealkylation sites (tertiary alicyclic amines) is 1. The van der Waals surface area contributed by atoms with Gasteiger partial charge in [-0.1, -0.05) is 13.3 Å². The largest absolute Gasteiger partial charge is 0.345 e. The number of piperidine rings is 1. The van der Waals surface area contributed by atoms with Gasteiger partial charge in [-0.3, -0.25) is 4.79 Å². The van der Waals surface area contributed by atoms with E-state index in [1.54, 1.807) is 11.9 Å². The Morgan fingerprint density at radius 3 is 2.45 bits per heavy atom. The van der Waals surface area contributed by atoms with E-state index in [1.165, 1.54) is 16.8 Å². The second kappa shape index (κ2) is 5.77. The molecule has 1 amide bonds. The molecule has 0 atom stereocenters. The normalized spacial score (nSPS) is 17.4. The predicted octanol–water partition coefficient (Wildman–Crippen LogP) is 2.21. The lowest BCUT2D eigenvalue weighted by molar-refractivity contribution is 0.0679. The predicted molar refractivity (Wildman–Crippen MR) is 77.4 cm³/mol. The number of nitrogens with zero attached hydrogens (tertiary/aromatic N) is 2.